The van der Waals surface area contributed by atoms with Crippen LogP contribution in [0.3, 0.4) is 0 Å². The van der Waals surface area contributed by atoms with Gasteiger partial charge in [0.15, 0.2) is 0 Å². The van der Waals surface area contributed by atoms with E-state index in [0.29, 0.717) is 12.3 Å². The zero-order valence-electron chi connectivity index (χ0n) is 14.9. The van der Waals surface area contributed by atoms with Crippen molar-refractivity contribution in [1.29, 1.82) is 0 Å². The van der Waals surface area contributed by atoms with Gasteiger partial charge in [0.25, 0.3) is 0 Å². The predicted molar refractivity (Wildman–Crippen MR) is 97.1 cm³/mol. The largest absolute Gasteiger partial charge is 0.507 e. The van der Waals surface area contributed by atoms with Gasteiger partial charge >= 0.3 is 0 Å². The molecule has 0 unspecified atom stereocenters. The van der Waals surface area contributed by atoms with Gasteiger partial charge in [0.1, 0.15) is 21.4 Å². The van der Waals surface area contributed by atoms with E-state index in [2.05, 4.69) is 57.2 Å². The van der Waals surface area contributed by atoms with E-state index in [4.69, 9.17) is 5.73 Å². The number of rotatable bonds is 2. The molecule has 21 heavy (non-hydrogen) atoms. The molecule has 0 saturated heterocycles. The van der Waals surface area contributed by atoms with Gasteiger partial charge < -0.3 is 10.8 Å². The number of benzene rings is 1. The van der Waals surface area contributed by atoms with Gasteiger partial charge in [-0.15, -0.1) is 0 Å². The number of hydrogen-bond acceptors (Lipinski definition) is 2. The second kappa shape index (κ2) is 4.55. The first-order valence-electron chi connectivity index (χ1n) is 7.99. The summed E-state index contributed by atoms with van der Waals surface area (Å²) in [5.41, 5.74) is 11.8. The Bertz CT molecular complexity index is 604. The summed E-state index contributed by atoms with van der Waals surface area (Å²) in [6, 6.07) is 0. The average molecular weight is 285 g/mol. The lowest BCUT2D eigenvalue weighted by Gasteiger charge is -2.44. The molecule has 0 bridgehead atoms. The molecule has 0 radical (unpaired) electrons. The fourth-order valence-corrected chi connectivity index (χ4v) is 4.29. The van der Waals surface area contributed by atoms with Crippen LogP contribution in [0.2, 0.25) is 0 Å². The second-order valence-electron chi connectivity index (χ2n) is 8.24. The van der Waals surface area contributed by atoms with E-state index in [1.165, 1.54) is 16.5 Å². The Labute approximate surface area is 131 Å². The van der Waals surface area contributed by atoms with Crippen molar-refractivity contribution in [3.05, 3.63) is 16.7 Å². The molecule has 0 heterocycles. The highest BCUT2D eigenvalue weighted by Gasteiger charge is 2.58. The molecule has 1 aliphatic carbocycles. The van der Waals surface area contributed by atoms with Gasteiger partial charge in [-0.05, 0) is 40.3 Å². The van der Waals surface area contributed by atoms with E-state index in [0.717, 1.165) is 17.5 Å². The van der Waals surface area contributed by atoms with Crippen molar-refractivity contribution in [1.82, 2.24) is 0 Å². The molecule has 1 aromatic carbocycles. The monoisotopic (exact) mass is 285 g/mol. The summed E-state index contributed by atoms with van der Waals surface area (Å²) in [5, 5.41) is 11.0. The Balaban J connectivity index is 2.95. The van der Waals surface area contributed by atoms with Gasteiger partial charge in [0.2, 0.25) is 0 Å². The van der Waals surface area contributed by atoms with Crippen LogP contribution in [-0.4, -0.2) is 27.3 Å². The Morgan fingerprint density at radius 1 is 0.905 bits per heavy atom. The van der Waals surface area contributed by atoms with Crippen LogP contribution in [0.4, 0.5) is 0 Å². The number of aromatic hydroxyl groups is 1. The molecule has 0 aromatic heterocycles. The Morgan fingerprint density at radius 2 is 1.38 bits per heavy atom. The highest BCUT2D eigenvalue weighted by Crippen LogP contribution is 2.62. The molecule has 3 N–H and O–H groups in total. The highest BCUT2D eigenvalue weighted by atomic mass is 16.3. The van der Waals surface area contributed by atoms with E-state index in [1.54, 1.807) is 0 Å². The third-order valence-corrected chi connectivity index (χ3v) is 6.93. The highest BCUT2D eigenvalue weighted by molar-refractivity contribution is 6.50. The van der Waals surface area contributed by atoms with Crippen molar-refractivity contribution in [2.24, 2.45) is 11.1 Å². The molecule has 1 aromatic rings. The summed E-state index contributed by atoms with van der Waals surface area (Å²) in [7, 11) is 4.32. The molecular weight excluding hydrogens is 256 g/mol. The predicted octanol–water partition coefficient (Wildman–Crippen LogP) is 0.00520. The van der Waals surface area contributed by atoms with Crippen LogP contribution in [-0.2, 0) is 17.3 Å². The van der Waals surface area contributed by atoms with Crippen molar-refractivity contribution in [2.75, 3.05) is 6.54 Å². The molecule has 114 valence electrons. The van der Waals surface area contributed by atoms with Crippen LogP contribution in [0.5, 0.6) is 5.75 Å². The third-order valence-electron chi connectivity index (χ3n) is 6.93. The lowest BCUT2D eigenvalue weighted by atomic mass is 9.58. The number of nitrogens with two attached hydrogens (primary N) is 1. The van der Waals surface area contributed by atoms with Crippen LogP contribution in [0.15, 0.2) is 0 Å². The minimum Gasteiger partial charge on any atom is -0.507 e. The van der Waals surface area contributed by atoms with Gasteiger partial charge in [-0.1, -0.05) is 52.5 Å². The van der Waals surface area contributed by atoms with Crippen LogP contribution in [0, 0.1) is 5.41 Å². The average Bonchev–Trinajstić information content (AvgIpc) is 2.47. The molecule has 2 nitrogen and oxygen atoms in total. The Morgan fingerprint density at radius 3 is 1.86 bits per heavy atom. The van der Waals surface area contributed by atoms with Gasteiger partial charge in [-0.3, -0.25) is 0 Å². The lowest BCUT2D eigenvalue weighted by molar-refractivity contribution is 0.124. The Kier molecular flexibility index (Phi) is 3.57. The van der Waals surface area contributed by atoms with Gasteiger partial charge in [-0.2, -0.15) is 0 Å². The Hall–Kier alpha value is -0.890. The zero-order chi connectivity index (χ0) is 16.4. The van der Waals surface area contributed by atoms with Crippen LogP contribution < -0.4 is 16.7 Å². The normalized spacial score (nSPS) is 21.3. The van der Waals surface area contributed by atoms with E-state index in [9.17, 15) is 5.11 Å². The fourth-order valence-electron chi connectivity index (χ4n) is 4.29. The quantitative estimate of drug-likeness (QED) is 0.752. The number of hydrogen-bond donors (Lipinski definition) is 2. The topological polar surface area (TPSA) is 46.2 Å². The maximum absolute atomic E-state index is 11.0. The maximum Gasteiger partial charge on any atom is 0.139 e. The molecule has 0 aliphatic heterocycles. The molecule has 0 atom stereocenters. The van der Waals surface area contributed by atoms with Crippen LogP contribution in [0.1, 0.15) is 58.2 Å². The first kappa shape index (κ1) is 16.5. The molecule has 1 aliphatic rings. The van der Waals surface area contributed by atoms with E-state index in [1.807, 2.05) is 0 Å². The third kappa shape index (κ3) is 1.78. The summed E-state index contributed by atoms with van der Waals surface area (Å²) in [6.07, 6.45) is 0.739. The van der Waals surface area contributed by atoms with Gasteiger partial charge in [0.05, 0.1) is 0 Å². The molecule has 0 amide bonds. The summed E-state index contributed by atoms with van der Waals surface area (Å²) < 4.78 is 0. The van der Waals surface area contributed by atoms with Crippen LogP contribution in [0.25, 0.3) is 0 Å². The standard InChI is InChI=1S/C17H29B2NO/c1-15(2)10-11(16(3,4)17(15,5)6)14(21)9(7-8-20)12(18)13(10)19/h21H,7-8,18-20H2,1-6H3. The number of phenols is 1. The fraction of sp³-hybridized carbons (Fsp3) is 0.647. The second-order valence-corrected chi connectivity index (χ2v) is 8.24. The van der Waals surface area contributed by atoms with E-state index >= 15 is 0 Å². The first-order chi connectivity index (χ1) is 9.42. The smallest absolute Gasteiger partial charge is 0.139 e. The maximum atomic E-state index is 11.0. The zero-order valence-corrected chi connectivity index (χ0v) is 14.9. The van der Waals surface area contributed by atoms with E-state index in [-0.39, 0.29) is 16.2 Å². The number of phenolic OH excluding ortho intramolecular Hbond substituents is 1. The molecule has 0 saturated carbocycles. The summed E-state index contributed by atoms with van der Waals surface area (Å²) in [5.74, 6) is 0.488. The van der Waals surface area contributed by atoms with Crippen LogP contribution >= 0.6 is 0 Å². The summed E-state index contributed by atoms with van der Waals surface area (Å²) >= 11 is 0. The van der Waals surface area contributed by atoms with Crippen molar-refractivity contribution in [3.8, 4) is 5.75 Å². The summed E-state index contributed by atoms with van der Waals surface area (Å²) in [4.78, 5) is 0. The van der Waals surface area contributed by atoms with E-state index < -0.39 is 0 Å². The first-order valence-corrected chi connectivity index (χ1v) is 7.99. The van der Waals surface area contributed by atoms with Gasteiger partial charge in [-0.25, -0.2) is 0 Å². The van der Waals surface area contributed by atoms with Crippen molar-refractivity contribution in [3.63, 3.8) is 0 Å². The molecule has 2 rings (SSSR count). The van der Waals surface area contributed by atoms with Crippen molar-refractivity contribution in [2.45, 2.75) is 58.8 Å². The minimum atomic E-state index is -0.0717. The van der Waals surface area contributed by atoms with Crippen molar-refractivity contribution >= 4 is 26.6 Å². The summed E-state index contributed by atoms with van der Waals surface area (Å²) in [6.45, 7) is 14.4. The lowest BCUT2D eigenvalue weighted by Crippen LogP contribution is -2.44. The molecule has 0 spiro atoms. The number of fused-ring (bicyclic) bond motifs is 1. The molecular formula is C17H29B2NO. The SMILES string of the molecule is Bc1c(B)c2c(c(O)c1CCN)C(C)(C)C(C)(C)C2(C)C. The minimum absolute atomic E-state index is 0.0272. The molecule has 0 fully saturated rings. The van der Waals surface area contributed by atoms with Crippen molar-refractivity contribution < 1.29 is 5.11 Å². The molecule has 4 heteroatoms. The van der Waals surface area contributed by atoms with Gasteiger partial charge in [0, 0.05) is 5.56 Å².